The van der Waals surface area contributed by atoms with Crippen molar-refractivity contribution in [1.82, 2.24) is 9.55 Å². The van der Waals surface area contributed by atoms with Gasteiger partial charge >= 0.3 is 6.18 Å². The third-order valence-electron chi connectivity index (χ3n) is 3.83. The average Bonchev–Trinajstić information content (AvgIpc) is 2.94. The molecule has 0 unspecified atom stereocenters. The molecule has 0 atom stereocenters. The molecule has 0 spiro atoms. The third-order valence-corrected chi connectivity index (χ3v) is 4.26. The van der Waals surface area contributed by atoms with Gasteiger partial charge in [-0.3, -0.25) is 0 Å². The topological polar surface area (TPSA) is 27.1 Å². The molecule has 3 rings (SSSR count). The second kappa shape index (κ2) is 6.96. The van der Waals surface area contributed by atoms with E-state index in [0.29, 0.717) is 34.8 Å². The summed E-state index contributed by atoms with van der Waals surface area (Å²) in [6.45, 7) is 2.33. The Morgan fingerprint density at radius 2 is 1.92 bits per heavy atom. The molecule has 2 aromatic carbocycles. The molecule has 0 saturated carbocycles. The molecule has 0 bridgehead atoms. The summed E-state index contributed by atoms with van der Waals surface area (Å²) >= 11 is 5.95. The summed E-state index contributed by atoms with van der Waals surface area (Å²) in [5.74, 6) is -0.232. The van der Waals surface area contributed by atoms with Crippen molar-refractivity contribution in [2.45, 2.75) is 26.1 Å². The molecule has 0 aliphatic carbocycles. The average molecular weight is 369 g/mol. The Hall–Kier alpha value is -2.21. The molecule has 132 valence electrons. The van der Waals surface area contributed by atoms with E-state index in [-0.39, 0.29) is 6.54 Å². The summed E-state index contributed by atoms with van der Waals surface area (Å²) in [6.07, 6.45) is -4.07. The number of aromatic nitrogens is 2. The molecule has 3 aromatic rings. The molecule has 1 heterocycles. The van der Waals surface area contributed by atoms with Gasteiger partial charge in [0.05, 0.1) is 17.6 Å². The standard InChI is InChI=1S/C18H16ClF3N2O/c1-12-11-13(7-8-14(12)19)25-10-4-9-24-16-6-3-2-5-15(16)23-17(24)18(20,21)22/h2-3,5-8,11H,4,9-10H2,1H3. The van der Waals surface area contributed by atoms with Crippen molar-refractivity contribution in [2.24, 2.45) is 0 Å². The fraction of sp³-hybridized carbons (Fsp3) is 0.278. The number of hydrogen-bond acceptors (Lipinski definition) is 2. The van der Waals surface area contributed by atoms with Gasteiger partial charge in [-0.1, -0.05) is 23.7 Å². The Bertz CT molecular complexity index is 890. The van der Waals surface area contributed by atoms with E-state index in [1.165, 1.54) is 4.57 Å². The van der Waals surface area contributed by atoms with Gasteiger partial charge < -0.3 is 9.30 Å². The summed E-state index contributed by atoms with van der Waals surface area (Å²) in [4.78, 5) is 3.72. The number of rotatable bonds is 5. The number of aryl methyl sites for hydroxylation is 2. The molecule has 1 aromatic heterocycles. The summed E-state index contributed by atoms with van der Waals surface area (Å²) in [5.41, 5.74) is 1.69. The molecule has 0 fully saturated rings. The summed E-state index contributed by atoms with van der Waals surface area (Å²) in [5, 5.41) is 0.645. The SMILES string of the molecule is Cc1cc(OCCCn2c(C(F)(F)F)nc3ccccc32)ccc1Cl. The van der Waals surface area contributed by atoms with E-state index in [9.17, 15) is 13.2 Å². The van der Waals surface area contributed by atoms with Gasteiger partial charge in [0.15, 0.2) is 0 Å². The zero-order chi connectivity index (χ0) is 18.0. The maximum absolute atomic E-state index is 13.2. The van der Waals surface area contributed by atoms with Crippen molar-refractivity contribution in [1.29, 1.82) is 0 Å². The number of para-hydroxylation sites is 2. The summed E-state index contributed by atoms with van der Waals surface area (Å²) in [7, 11) is 0. The summed E-state index contributed by atoms with van der Waals surface area (Å²) in [6, 6.07) is 11.9. The van der Waals surface area contributed by atoms with Crippen LogP contribution in [-0.4, -0.2) is 16.2 Å². The van der Waals surface area contributed by atoms with E-state index < -0.39 is 12.0 Å². The molecule has 3 nitrogen and oxygen atoms in total. The number of imidazole rings is 1. The van der Waals surface area contributed by atoms with Gasteiger partial charge in [-0.05, 0) is 49.2 Å². The zero-order valence-electron chi connectivity index (χ0n) is 13.5. The van der Waals surface area contributed by atoms with Crippen molar-refractivity contribution >= 4 is 22.6 Å². The van der Waals surface area contributed by atoms with Crippen molar-refractivity contribution < 1.29 is 17.9 Å². The lowest BCUT2D eigenvalue weighted by Crippen LogP contribution is -2.16. The predicted molar refractivity (Wildman–Crippen MR) is 91.0 cm³/mol. The van der Waals surface area contributed by atoms with E-state index in [2.05, 4.69) is 4.98 Å². The first-order valence-electron chi connectivity index (χ1n) is 7.77. The highest BCUT2D eigenvalue weighted by molar-refractivity contribution is 6.31. The van der Waals surface area contributed by atoms with Crippen molar-refractivity contribution in [3.63, 3.8) is 0 Å². The van der Waals surface area contributed by atoms with Crippen LogP contribution < -0.4 is 4.74 Å². The van der Waals surface area contributed by atoms with E-state index in [1.54, 1.807) is 42.5 Å². The highest BCUT2D eigenvalue weighted by Crippen LogP contribution is 2.31. The summed E-state index contributed by atoms with van der Waals surface area (Å²) < 4.78 is 46.5. The predicted octanol–water partition coefficient (Wildman–Crippen LogP) is 5.49. The van der Waals surface area contributed by atoms with Gasteiger partial charge in [-0.15, -0.1) is 0 Å². The smallest absolute Gasteiger partial charge is 0.449 e. The van der Waals surface area contributed by atoms with Crippen LogP contribution in [0.3, 0.4) is 0 Å². The number of ether oxygens (including phenoxy) is 1. The van der Waals surface area contributed by atoms with E-state index in [1.807, 2.05) is 6.92 Å². The lowest BCUT2D eigenvalue weighted by molar-refractivity contribution is -0.147. The number of nitrogens with zero attached hydrogens (tertiary/aromatic N) is 2. The van der Waals surface area contributed by atoms with Gasteiger partial charge in [0.25, 0.3) is 0 Å². The number of benzene rings is 2. The normalized spacial score (nSPS) is 11.9. The molecule has 0 amide bonds. The lowest BCUT2D eigenvalue weighted by atomic mass is 10.2. The van der Waals surface area contributed by atoms with Gasteiger partial charge in [0.2, 0.25) is 5.82 Å². The Labute approximate surface area is 148 Å². The molecular weight excluding hydrogens is 353 g/mol. The highest BCUT2D eigenvalue weighted by atomic mass is 35.5. The lowest BCUT2D eigenvalue weighted by Gasteiger charge is -2.12. The number of halogens is 4. The van der Waals surface area contributed by atoms with Crippen LogP contribution in [-0.2, 0) is 12.7 Å². The van der Waals surface area contributed by atoms with Crippen LogP contribution in [0.4, 0.5) is 13.2 Å². The number of hydrogen-bond donors (Lipinski definition) is 0. The fourth-order valence-electron chi connectivity index (χ4n) is 2.64. The molecule has 0 radical (unpaired) electrons. The Morgan fingerprint density at radius 1 is 1.16 bits per heavy atom. The first kappa shape index (κ1) is 17.6. The molecule has 0 saturated heterocycles. The van der Waals surface area contributed by atoms with Crippen LogP contribution in [0.5, 0.6) is 5.75 Å². The monoisotopic (exact) mass is 368 g/mol. The highest BCUT2D eigenvalue weighted by Gasteiger charge is 2.37. The first-order chi connectivity index (χ1) is 11.9. The Kier molecular flexibility index (Phi) is 4.90. The molecule has 0 aliphatic rings. The van der Waals surface area contributed by atoms with Gasteiger partial charge in [0, 0.05) is 11.6 Å². The maximum atomic E-state index is 13.2. The minimum absolute atomic E-state index is 0.169. The number of fused-ring (bicyclic) bond motifs is 1. The van der Waals surface area contributed by atoms with Gasteiger partial charge in [0.1, 0.15) is 5.75 Å². The van der Waals surface area contributed by atoms with Crippen molar-refractivity contribution in [3.05, 3.63) is 58.9 Å². The quantitative estimate of drug-likeness (QED) is 0.557. The van der Waals surface area contributed by atoms with Gasteiger partial charge in [-0.25, -0.2) is 4.98 Å². The third kappa shape index (κ3) is 3.90. The van der Waals surface area contributed by atoms with Gasteiger partial charge in [-0.2, -0.15) is 13.2 Å². The number of alkyl halides is 3. The second-order valence-electron chi connectivity index (χ2n) is 5.69. The molecule has 0 aliphatic heterocycles. The minimum Gasteiger partial charge on any atom is -0.494 e. The molecule has 7 heteroatoms. The van der Waals surface area contributed by atoms with Crippen molar-refractivity contribution in [2.75, 3.05) is 6.61 Å². The minimum atomic E-state index is -4.49. The molecule has 25 heavy (non-hydrogen) atoms. The second-order valence-corrected chi connectivity index (χ2v) is 6.09. The molecule has 0 N–H and O–H groups in total. The first-order valence-corrected chi connectivity index (χ1v) is 8.15. The van der Waals surface area contributed by atoms with Crippen LogP contribution in [0, 0.1) is 6.92 Å². The van der Waals surface area contributed by atoms with Crippen LogP contribution in [0.25, 0.3) is 11.0 Å². The maximum Gasteiger partial charge on any atom is 0.449 e. The van der Waals surface area contributed by atoms with Crippen molar-refractivity contribution in [3.8, 4) is 5.75 Å². The van der Waals surface area contributed by atoms with Crippen LogP contribution >= 0.6 is 11.6 Å². The Balaban J connectivity index is 1.71. The van der Waals surface area contributed by atoms with Crippen LogP contribution in [0.2, 0.25) is 5.02 Å². The Morgan fingerprint density at radius 3 is 2.64 bits per heavy atom. The van der Waals surface area contributed by atoms with E-state index >= 15 is 0 Å². The largest absolute Gasteiger partial charge is 0.494 e. The van der Waals surface area contributed by atoms with Crippen LogP contribution in [0.1, 0.15) is 17.8 Å². The molecular formula is C18H16ClF3N2O. The van der Waals surface area contributed by atoms with Crippen LogP contribution in [0.15, 0.2) is 42.5 Å². The fourth-order valence-corrected chi connectivity index (χ4v) is 2.76. The van der Waals surface area contributed by atoms with E-state index in [0.717, 1.165) is 5.56 Å². The van der Waals surface area contributed by atoms with E-state index in [4.69, 9.17) is 16.3 Å². The zero-order valence-corrected chi connectivity index (χ0v) is 14.2.